The van der Waals surface area contributed by atoms with Gasteiger partial charge in [0.2, 0.25) is 0 Å². The fourth-order valence-corrected chi connectivity index (χ4v) is 1.97. The summed E-state index contributed by atoms with van der Waals surface area (Å²) in [6.45, 7) is 12.5. The van der Waals surface area contributed by atoms with Gasteiger partial charge >= 0.3 is 0 Å². The lowest BCUT2D eigenvalue weighted by Crippen LogP contribution is -2.53. The topological polar surface area (TPSA) is 27.3 Å². The maximum absolute atomic E-state index is 3.58. The lowest BCUT2D eigenvalue weighted by molar-refractivity contribution is 0.158. The predicted octanol–water partition coefficient (Wildman–Crippen LogP) is 0.668. The first kappa shape index (κ1) is 12.0. The SMILES string of the molecule is CCNCCC1CN(C(C)C)CCN1. The standard InChI is InChI=1S/C11H25N3/c1-4-12-6-5-11-9-14(10(2)3)8-7-13-11/h10-13H,4-9H2,1-3H3. The molecule has 14 heavy (non-hydrogen) atoms. The van der Waals surface area contributed by atoms with Crippen molar-refractivity contribution in [2.75, 3.05) is 32.7 Å². The van der Waals surface area contributed by atoms with Crippen LogP contribution in [-0.4, -0.2) is 49.7 Å². The van der Waals surface area contributed by atoms with E-state index < -0.39 is 0 Å². The summed E-state index contributed by atoms with van der Waals surface area (Å²) in [6.07, 6.45) is 1.25. The van der Waals surface area contributed by atoms with Crippen molar-refractivity contribution in [3.63, 3.8) is 0 Å². The smallest absolute Gasteiger partial charge is 0.0207 e. The fourth-order valence-electron chi connectivity index (χ4n) is 1.97. The molecule has 1 aliphatic rings. The third kappa shape index (κ3) is 3.95. The molecule has 0 aromatic carbocycles. The molecule has 0 amide bonds. The molecule has 0 aromatic rings. The number of nitrogens with one attached hydrogen (secondary N) is 2. The minimum Gasteiger partial charge on any atom is -0.317 e. The number of piperazine rings is 1. The fraction of sp³-hybridized carbons (Fsp3) is 1.00. The van der Waals surface area contributed by atoms with Gasteiger partial charge in [0.1, 0.15) is 0 Å². The minimum absolute atomic E-state index is 0.685. The monoisotopic (exact) mass is 199 g/mol. The summed E-state index contributed by atoms with van der Waals surface area (Å²) in [7, 11) is 0. The van der Waals surface area contributed by atoms with Crippen LogP contribution >= 0.6 is 0 Å². The van der Waals surface area contributed by atoms with Crippen molar-refractivity contribution in [2.45, 2.75) is 39.3 Å². The Morgan fingerprint density at radius 2 is 2.29 bits per heavy atom. The lowest BCUT2D eigenvalue weighted by atomic mass is 10.1. The maximum atomic E-state index is 3.58. The Balaban J connectivity index is 2.19. The van der Waals surface area contributed by atoms with Gasteiger partial charge in [-0.1, -0.05) is 6.92 Å². The molecule has 1 heterocycles. The second-order valence-corrected chi connectivity index (χ2v) is 4.38. The first-order valence-electron chi connectivity index (χ1n) is 5.92. The third-order valence-electron chi connectivity index (χ3n) is 2.94. The molecule has 3 nitrogen and oxygen atoms in total. The maximum Gasteiger partial charge on any atom is 0.0207 e. The van der Waals surface area contributed by atoms with E-state index >= 15 is 0 Å². The van der Waals surface area contributed by atoms with Gasteiger partial charge in [-0.25, -0.2) is 0 Å². The Labute approximate surface area is 88.2 Å². The van der Waals surface area contributed by atoms with Crippen molar-refractivity contribution in [1.29, 1.82) is 0 Å². The molecule has 1 rings (SSSR count). The Bertz CT molecular complexity index is 147. The summed E-state index contributed by atoms with van der Waals surface area (Å²) in [5, 5.41) is 6.96. The van der Waals surface area contributed by atoms with Crippen molar-refractivity contribution in [2.24, 2.45) is 0 Å². The first-order chi connectivity index (χ1) is 6.74. The molecule has 1 unspecified atom stereocenters. The van der Waals surface area contributed by atoms with Crippen molar-refractivity contribution in [3.05, 3.63) is 0 Å². The number of hydrogen-bond donors (Lipinski definition) is 2. The Morgan fingerprint density at radius 1 is 1.50 bits per heavy atom. The molecular formula is C11H25N3. The van der Waals surface area contributed by atoms with Gasteiger partial charge in [-0.05, 0) is 33.4 Å². The minimum atomic E-state index is 0.685. The highest BCUT2D eigenvalue weighted by Gasteiger charge is 2.20. The second kappa shape index (κ2) is 6.38. The van der Waals surface area contributed by atoms with Crippen molar-refractivity contribution >= 4 is 0 Å². The highest BCUT2D eigenvalue weighted by Crippen LogP contribution is 2.05. The molecule has 1 saturated heterocycles. The van der Waals surface area contributed by atoms with Gasteiger partial charge < -0.3 is 10.6 Å². The van der Waals surface area contributed by atoms with Crippen LogP contribution in [0.15, 0.2) is 0 Å². The summed E-state index contributed by atoms with van der Waals surface area (Å²) in [5.74, 6) is 0. The van der Waals surface area contributed by atoms with Crippen molar-refractivity contribution in [1.82, 2.24) is 15.5 Å². The highest BCUT2D eigenvalue weighted by atomic mass is 15.2. The van der Waals surface area contributed by atoms with E-state index in [0.29, 0.717) is 12.1 Å². The molecule has 0 spiro atoms. The van der Waals surface area contributed by atoms with Crippen LogP contribution < -0.4 is 10.6 Å². The van der Waals surface area contributed by atoms with Crippen LogP contribution in [0.3, 0.4) is 0 Å². The normalized spacial score (nSPS) is 24.4. The van der Waals surface area contributed by atoms with Crippen LogP contribution in [0.5, 0.6) is 0 Å². The third-order valence-corrected chi connectivity index (χ3v) is 2.94. The predicted molar refractivity (Wildman–Crippen MR) is 61.7 cm³/mol. The summed E-state index contributed by atoms with van der Waals surface area (Å²) in [5.41, 5.74) is 0. The van der Waals surface area contributed by atoms with Gasteiger partial charge in [0.15, 0.2) is 0 Å². The molecule has 0 aliphatic carbocycles. The van der Waals surface area contributed by atoms with E-state index in [-0.39, 0.29) is 0 Å². The van der Waals surface area contributed by atoms with Crippen LogP contribution in [0, 0.1) is 0 Å². The van der Waals surface area contributed by atoms with Crippen LogP contribution in [0.2, 0.25) is 0 Å². The summed E-state index contributed by atoms with van der Waals surface area (Å²) in [4.78, 5) is 2.56. The molecule has 3 heteroatoms. The number of nitrogens with zero attached hydrogens (tertiary/aromatic N) is 1. The van der Waals surface area contributed by atoms with E-state index in [4.69, 9.17) is 0 Å². The average Bonchev–Trinajstić information content (AvgIpc) is 2.19. The molecule has 0 bridgehead atoms. The zero-order valence-corrected chi connectivity index (χ0v) is 9.84. The van der Waals surface area contributed by atoms with Gasteiger partial charge in [-0.2, -0.15) is 0 Å². The van der Waals surface area contributed by atoms with Crippen molar-refractivity contribution < 1.29 is 0 Å². The molecule has 2 N–H and O–H groups in total. The van der Waals surface area contributed by atoms with Gasteiger partial charge in [0, 0.05) is 31.7 Å². The Hall–Kier alpha value is -0.120. The van der Waals surface area contributed by atoms with Crippen LogP contribution in [0.4, 0.5) is 0 Å². The lowest BCUT2D eigenvalue weighted by Gasteiger charge is -2.36. The number of rotatable bonds is 5. The van der Waals surface area contributed by atoms with E-state index in [1.807, 2.05) is 0 Å². The molecule has 0 aromatic heterocycles. The molecule has 1 fully saturated rings. The summed E-state index contributed by atoms with van der Waals surface area (Å²) in [6, 6.07) is 1.38. The second-order valence-electron chi connectivity index (χ2n) is 4.38. The van der Waals surface area contributed by atoms with Gasteiger partial charge in [-0.3, -0.25) is 4.90 Å². The zero-order valence-electron chi connectivity index (χ0n) is 9.84. The van der Waals surface area contributed by atoms with Gasteiger partial charge in [0.25, 0.3) is 0 Å². The van der Waals surface area contributed by atoms with Crippen molar-refractivity contribution in [3.8, 4) is 0 Å². The van der Waals surface area contributed by atoms with E-state index in [1.165, 1.54) is 19.5 Å². The molecular weight excluding hydrogens is 174 g/mol. The largest absolute Gasteiger partial charge is 0.317 e. The zero-order chi connectivity index (χ0) is 10.4. The van der Waals surface area contributed by atoms with E-state index in [0.717, 1.165) is 19.6 Å². The first-order valence-corrected chi connectivity index (χ1v) is 5.92. The Morgan fingerprint density at radius 3 is 2.93 bits per heavy atom. The molecule has 0 saturated carbocycles. The average molecular weight is 199 g/mol. The van der Waals surface area contributed by atoms with Gasteiger partial charge in [0.05, 0.1) is 0 Å². The molecule has 1 aliphatic heterocycles. The van der Waals surface area contributed by atoms with Crippen LogP contribution in [-0.2, 0) is 0 Å². The van der Waals surface area contributed by atoms with Crippen LogP contribution in [0.1, 0.15) is 27.2 Å². The quantitative estimate of drug-likeness (QED) is 0.637. The highest BCUT2D eigenvalue weighted by molar-refractivity contribution is 4.80. The van der Waals surface area contributed by atoms with Gasteiger partial charge in [-0.15, -0.1) is 0 Å². The van der Waals surface area contributed by atoms with E-state index in [9.17, 15) is 0 Å². The summed E-state index contributed by atoms with van der Waals surface area (Å²) >= 11 is 0. The molecule has 1 atom stereocenters. The molecule has 0 radical (unpaired) electrons. The molecule has 84 valence electrons. The van der Waals surface area contributed by atoms with E-state index in [1.54, 1.807) is 0 Å². The van der Waals surface area contributed by atoms with E-state index in [2.05, 4.69) is 36.3 Å². The Kier molecular flexibility index (Phi) is 5.45. The van der Waals surface area contributed by atoms with Crippen LogP contribution in [0.25, 0.3) is 0 Å². The summed E-state index contributed by atoms with van der Waals surface area (Å²) < 4.78 is 0. The number of hydrogen-bond acceptors (Lipinski definition) is 3.